The van der Waals surface area contributed by atoms with Crippen molar-refractivity contribution in [3.63, 3.8) is 0 Å². The molecular weight excluding hydrogens is 274 g/mol. The summed E-state index contributed by atoms with van der Waals surface area (Å²) in [5.41, 5.74) is 0. The van der Waals surface area contributed by atoms with E-state index in [1.807, 2.05) is 29.2 Å². The summed E-state index contributed by atoms with van der Waals surface area (Å²) in [6, 6.07) is 7.86. The summed E-state index contributed by atoms with van der Waals surface area (Å²) in [5, 5.41) is 9.42. The molecular formula is C15H21NO3S. The van der Waals surface area contributed by atoms with Crippen molar-refractivity contribution in [2.24, 2.45) is 0 Å². The molecule has 1 saturated heterocycles. The number of nitrogens with zero attached hydrogens (tertiary/aromatic N) is 1. The van der Waals surface area contributed by atoms with E-state index in [1.54, 1.807) is 18.9 Å². The van der Waals surface area contributed by atoms with Crippen LogP contribution in [0.4, 0.5) is 0 Å². The molecule has 0 saturated carbocycles. The van der Waals surface area contributed by atoms with Crippen LogP contribution in [0.3, 0.4) is 0 Å². The molecule has 0 atom stereocenters. The lowest BCUT2D eigenvalue weighted by Gasteiger charge is -2.29. The number of carbonyl (C=O) groups excluding carboxylic acids is 1. The summed E-state index contributed by atoms with van der Waals surface area (Å²) < 4.78 is 5.11. The lowest BCUT2D eigenvalue weighted by Crippen LogP contribution is -2.40. The molecule has 1 amide bonds. The topological polar surface area (TPSA) is 49.8 Å². The predicted octanol–water partition coefficient (Wildman–Crippen LogP) is 2.16. The zero-order chi connectivity index (χ0) is 14.4. The Bertz CT molecular complexity index is 427. The predicted molar refractivity (Wildman–Crippen MR) is 80.2 cm³/mol. The number of likely N-dealkylation sites (tertiary alicyclic amines) is 1. The van der Waals surface area contributed by atoms with E-state index in [-0.39, 0.29) is 12.0 Å². The molecule has 0 radical (unpaired) electrons. The molecule has 0 spiro atoms. The van der Waals surface area contributed by atoms with Crippen LogP contribution in [-0.4, -0.2) is 48.0 Å². The third-order valence-corrected chi connectivity index (χ3v) is 4.48. The van der Waals surface area contributed by atoms with Crippen molar-refractivity contribution < 1.29 is 14.6 Å². The third-order valence-electron chi connectivity index (χ3n) is 3.46. The summed E-state index contributed by atoms with van der Waals surface area (Å²) in [6.45, 7) is 1.38. The molecule has 1 aliphatic rings. The van der Waals surface area contributed by atoms with Crippen LogP contribution >= 0.6 is 11.8 Å². The number of amides is 1. The standard InChI is InChI=1S/C15H21NO3S/c1-19-13-2-4-14(5-3-13)20-11-8-15(18)16-9-6-12(17)7-10-16/h2-5,12,17H,6-11H2,1H3. The van der Waals surface area contributed by atoms with Gasteiger partial charge in [-0.05, 0) is 37.1 Å². The minimum absolute atomic E-state index is 0.193. The lowest BCUT2D eigenvalue weighted by molar-refractivity contribution is -0.132. The fourth-order valence-electron chi connectivity index (χ4n) is 2.20. The Labute approximate surface area is 124 Å². The van der Waals surface area contributed by atoms with Crippen molar-refractivity contribution in [3.05, 3.63) is 24.3 Å². The van der Waals surface area contributed by atoms with Crippen molar-refractivity contribution in [3.8, 4) is 5.75 Å². The Kier molecular flexibility index (Phi) is 5.73. The molecule has 1 aromatic rings. The fraction of sp³-hybridized carbons (Fsp3) is 0.533. The first-order valence-electron chi connectivity index (χ1n) is 6.91. The molecule has 5 heteroatoms. The van der Waals surface area contributed by atoms with E-state index < -0.39 is 0 Å². The zero-order valence-electron chi connectivity index (χ0n) is 11.7. The van der Waals surface area contributed by atoms with Gasteiger partial charge >= 0.3 is 0 Å². The van der Waals surface area contributed by atoms with Crippen molar-refractivity contribution in [1.82, 2.24) is 4.90 Å². The lowest BCUT2D eigenvalue weighted by atomic mass is 10.1. The van der Waals surface area contributed by atoms with Gasteiger partial charge in [-0.15, -0.1) is 11.8 Å². The Morgan fingerprint density at radius 1 is 1.35 bits per heavy atom. The minimum atomic E-state index is -0.229. The average Bonchev–Trinajstić information content (AvgIpc) is 2.48. The monoisotopic (exact) mass is 295 g/mol. The van der Waals surface area contributed by atoms with Crippen LogP contribution in [0.15, 0.2) is 29.2 Å². The van der Waals surface area contributed by atoms with Crippen LogP contribution in [0.5, 0.6) is 5.75 Å². The highest BCUT2D eigenvalue weighted by molar-refractivity contribution is 7.99. The van der Waals surface area contributed by atoms with Gasteiger partial charge in [0.1, 0.15) is 5.75 Å². The molecule has 0 aliphatic carbocycles. The van der Waals surface area contributed by atoms with Crippen molar-refractivity contribution in [2.45, 2.75) is 30.3 Å². The molecule has 1 aromatic carbocycles. The quantitative estimate of drug-likeness (QED) is 0.846. The van der Waals surface area contributed by atoms with Gasteiger partial charge in [0, 0.05) is 30.2 Å². The first-order chi connectivity index (χ1) is 9.69. The summed E-state index contributed by atoms with van der Waals surface area (Å²) in [7, 11) is 1.65. The van der Waals surface area contributed by atoms with Crippen molar-refractivity contribution >= 4 is 17.7 Å². The van der Waals surface area contributed by atoms with Crippen molar-refractivity contribution in [2.75, 3.05) is 26.0 Å². The maximum atomic E-state index is 12.0. The number of piperidine rings is 1. The van der Waals surface area contributed by atoms with Gasteiger partial charge in [0.25, 0.3) is 0 Å². The molecule has 0 aromatic heterocycles. The second-order valence-electron chi connectivity index (χ2n) is 4.89. The van der Waals surface area contributed by atoms with E-state index in [2.05, 4.69) is 0 Å². The molecule has 1 heterocycles. The minimum Gasteiger partial charge on any atom is -0.497 e. The van der Waals surface area contributed by atoms with E-state index in [1.165, 1.54) is 0 Å². The van der Waals surface area contributed by atoms with Crippen LogP contribution in [0.1, 0.15) is 19.3 Å². The molecule has 2 rings (SSSR count). The number of carbonyl (C=O) groups is 1. The van der Waals surface area contributed by atoms with Crippen LogP contribution in [0.2, 0.25) is 0 Å². The number of thioether (sulfide) groups is 1. The van der Waals surface area contributed by atoms with Crippen LogP contribution < -0.4 is 4.74 Å². The Morgan fingerprint density at radius 2 is 2.00 bits per heavy atom. The van der Waals surface area contributed by atoms with E-state index in [0.29, 0.717) is 32.4 Å². The van der Waals surface area contributed by atoms with E-state index in [4.69, 9.17) is 4.74 Å². The SMILES string of the molecule is COc1ccc(SCCC(=O)N2CCC(O)CC2)cc1. The number of methoxy groups -OCH3 is 1. The number of ether oxygens (including phenoxy) is 1. The Morgan fingerprint density at radius 3 is 2.60 bits per heavy atom. The molecule has 1 N–H and O–H groups in total. The molecule has 0 unspecified atom stereocenters. The van der Waals surface area contributed by atoms with Gasteiger partial charge in [-0.1, -0.05) is 0 Å². The second kappa shape index (κ2) is 7.55. The van der Waals surface area contributed by atoms with Crippen LogP contribution in [0.25, 0.3) is 0 Å². The Balaban J connectivity index is 1.70. The highest BCUT2D eigenvalue weighted by Gasteiger charge is 2.20. The maximum Gasteiger partial charge on any atom is 0.223 e. The number of hydrogen-bond donors (Lipinski definition) is 1. The average molecular weight is 295 g/mol. The van der Waals surface area contributed by atoms with Crippen LogP contribution in [0, 0.1) is 0 Å². The summed E-state index contributed by atoms with van der Waals surface area (Å²) in [6.07, 6.45) is 1.73. The van der Waals surface area contributed by atoms with Gasteiger partial charge in [-0.2, -0.15) is 0 Å². The largest absolute Gasteiger partial charge is 0.497 e. The number of aliphatic hydroxyl groups excluding tert-OH is 1. The molecule has 1 fully saturated rings. The van der Waals surface area contributed by atoms with E-state index >= 15 is 0 Å². The summed E-state index contributed by atoms with van der Waals surface area (Å²) in [5.74, 6) is 1.82. The maximum absolute atomic E-state index is 12.0. The van der Waals surface area contributed by atoms with Gasteiger partial charge in [-0.25, -0.2) is 0 Å². The zero-order valence-corrected chi connectivity index (χ0v) is 12.6. The summed E-state index contributed by atoms with van der Waals surface area (Å²) >= 11 is 1.68. The highest BCUT2D eigenvalue weighted by atomic mass is 32.2. The fourth-order valence-corrected chi connectivity index (χ4v) is 3.04. The van der Waals surface area contributed by atoms with Gasteiger partial charge < -0.3 is 14.7 Å². The first kappa shape index (κ1) is 15.2. The number of aliphatic hydroxyl groups is 1. The van der Waals surface area contributed by atoms with Gasteiger partial charge in [0.05, 0.1) is 13.2 Å². The van der Waals surface area contributed by atoms with E-state index in [0.717, 1.165) is 16.4 Å². The Hall–Kier alpha value is -1.20. The van der Waals surface area contributed by atoms with Crippen LogP contribution in [-0.2, 0) is 4.79 Å². The van der Waals surface area contributed by atoms with Gasteiger partial charge in [0.15, 0.2) is 0 Å². The summed E-state index contributed by atoms with van der Waals surface area (Å²) in [4.78, 5) is 15.0. The number of hydrogen-bond acceptors (Lipinski definition) is 4. The molecule has 20 heavy (non-hydrogen) atoms. The molecule has 4 nitrogen and oxygen atoms in total. The normalized spacial score (nSPS) is 16.2. The smallest absolute Gasteiger partial charge is 0.223 e. The number of benzene rings is 1. The van der Waals surface area contributed by atoms with Gasteiger partial charge in [-0.3, -0.25) is 4.79 Å². The third kappa shape index (κ3) is 4.42. The molecule has 0 bridgehead atoms. The molecule has 110 valence electrons. The first-order valence-corrected chi connectivity index (χ1v) is 7.90. The van der Waals surface area contributed by atoms with Crippen molar-refractivity contribution in [1.29, 1.82) is 0 Å². The second-order valence-corrected chi connectivity index (χ2v) is 6.05. The van der Waals surface area contributed by atoms with E-state index in [9.17, 15) is 9.90 Å². The van der Waals surface area contributed by atoms with Gasteiger partial charge in [0.2, 0.25) is 5.91 Å². The number of rotatable bonds is 5. The highest BCUT2D eigenvalue weighted by Crippen LogP contribution is 2.22. The molecule has 1 aliphatic heterocycles.